The van der Waals surface area contributed by atoms with E-state index in [0.717, 1.165) is 36.1 Å². The number of carbonyl (C=O) groups excluding carboxylic acids is 1. The van der Waals surface area contributed by atoms with Gasteiger partial charge in [0.15, 0.2) is 5.78 Å². The molecule has 2 aromatic carbocycles. The lowest BCUT2D eigenvalue weighted by Gasteiger charge is -2.23. The zero-order valence-electron chi connectivity index (χ0n) is 14.3. The molecule has 1 aliphatic rings. The summed E-state index contributed by atoms with van der Waals surface area (Å²) < 4.78 is 0. The van der Waals surface area contributed by atoms with Crippen molar-refractivity contribution in [2.75, 3.05) is 5.32 Å². The fourth-order valence-corrected chi connectivity index (χ4v) is 3.42. The number of hydrogen-bond acceptors (Lipinski definition) is 2. The molecule has 1 unspecified atom stereocenters. The molecule has 3 rings (SSSR count). The lowest BCUT2D eigenvalue weighted by atomic mass is 9.87. The van der Waals surface area contributed by atoms with Crippen LogP contribution >= 0.6 is 0 Å². The van der Waals surface area contributed by atoms with Crippen molar-refractivity contribution in [1.82, 2.24) is 0 Å². The summed E-state index contributed by atoms with van der Waals surface area (Å²) in [5.74, 6) is 0.296. The molecule has 0 heterocycles. The van der Waals surface area contributed by atoms with E-state index in [1.807, 2.05) is 48.5 Å². The van der Waals surface area contributed by atoms with Crippen molar-refractivity contribution < 1.29 is 4.79 Å². The van der Waals surface area contributed by atoms with E-state index < -0.39 is 0 Å². The average molecular weight is 319 g/mol. The number of ketones is 1. The van der Waals surface area contributed by atoms with E-state index in [0.29, 0.717) is 12.2 Å². The topological polar surface area (TPSA) is 29.1 Å². The van der Waals surface area contributed by atoms with Crippen LogP contribution in [0.3, 0.4) is 0 Å². The number of hydrogen-bond donors (Lipinski definition) is 1. The minimum atomic E-state index is 0.00308. The Morgan fingerprint density at radius 2 is 1.58 bits per heavy atom. The van der Waals surface area contributed by atoms with Gasteiger partial charge >= 0.3 is 0 Å². The van der Waals surface area contributed by atoms with Gasteiger partial charge in [-0.1, -0.05) is 54.1 Å². The number of Topliss-reactive ketones (excluding diaryl/α,β-unsaturated/α-hetero) is 1. The highest BCUT2D eigenvalue weighted by Crippen LogP contribution is 2.29. The predicted molar refractivity (Wildman–Crippen MR) is 100 cm³/mol. The molecule has 0 bridgehead atoms. The largest absolute Gasteiger partial charge is 0.378 e. The summed E-state index contributed by atoms with van der Waals surface area (Å²) >= 11 is 0. The monoisotopic (exact) mass is 319 g/mol. The van der Waals surface area contributed by atoms with Crippen molar-refractivity contribution in [2.45, 2.75) is 45.1 Å². The van der Waals surface area contributed by atoms with Crippen molar-refractivity contribution >= 4 is 11.5 Å². The van der Waals surface area contributed by atoms with Crippen molar-refractivity contribution in [3.05, 3.63) is 77.4 Å². The van der Waals surface area contributed by atoms with Crippen LogP contribution in [0.2, 0.25) is 0 Å². The lowest BCUT2D eigenvalue weighted by molar-refractivity contribution is -0.116. The van der Waals surface area contributed by atoms with E-state index >= 15 is 0 Å². The molecule has 0 aliphatic heterocycles. The van der Waals surface area contributed by atoms with E-state index in [1.54, 1.807) is 0 Å². The zero-order chi connectivity index (χ0) is 16.8. The molecule has 0 aromatic heterocycles. The van der Waals surface area contributed by atoms with Crippen LogP contribution in [0.25, 0.3) is 0 Å². The molecule has 124 valence electrons. The average Bonchev–Trinajstić information content (AvgIpc) is 2.63. The summed E-state index contributed by atoms with van der Waals surface area (Å²) in [5, 5.41) is 3.54. The fraction of sp³-hybridized carbons (Fsp3) is 0.318. The lowest BCUT2D eigenvalue weighted by Crippen LogP contribution is -2.18. The Kier molecular flexibility index (Phi) is 5.47. The summed E-state index contributed by atoms with van der Waals surface area (Å²) in [6, 6.07) is 20.4. The Bertz CT molecular complexity index is 703. The third kappa shape index (κ3) is 4.14. The number of allylic oxidation sites excluding steroid dienone is 2. The number of benzene rings is 2. The highest BCUT2D eigenvalue weighted by molar-refractivity contribution is 5.96. The van der Waals surface area contributed by atoms with Crippen LogP contribution in [0.4, 0.5) is 5.69 Å². The molecule has 0 radical (unpaired) electrons. The van der Waals surface area contributed by atoms with Crippen molar-refractivity contribution in [2.24, 2.45) is 0 Å². The Balaban J connectivity index is 1.81. The molecular weight excluding hydrogens is 294 g/mol. The number of anilines is 1. The van der Waals surface area contributed by atoms with Gasteiger partial charge in [-0.15, -0.1) is 0 Å². The van der Waals surface area contributed by atoms with E-state index in [-0.39, 0.29) is 6.04 Å². The zero-order valence-corrected chi connectivity index (χ0v) is 14.3. The van der Waals surface area contributed by atoms with Crippen LogP contribution in [-0.2, 0) is 4.79 Å². The van der Waals surface area contributed by atoms with Crippen LogP contribution in [0, 0.1) is 0 Å². The van der Waals surface area contributed by atoms with E-state index in [2.05, 4.69) is 24.4 Å². The summed E-state index contributed by atoms with van der Waals surface area (Å²) in [6.45, 7) is 2.12. The van der Waals surface area contributed by atoms with Crippen LogP contribution in [0.15, 0.2) is 71.8 Å². The second-order valence-electron chi connectivity index (χ2n) is 6.57. The molecule has 0 amide bonds. The first-order valence-electron chi connectivity index (χ1n) is 8.82. The second kappa shape index (κ2) is 7.96. The summed E-state index contributed by atoms with van der Waals surface area (Å²) in [7, 11) is 0. The van der Waals surface area contributed by atoms with Crippen LogP contribution < -0.4 is 5.32 Å². The summed E-state index contributed by atoms with van der Waals surface area (Å²) in [6.07, 6.45) is 4.87. The molecule has 2 aromatic rings. The van der Waals surface area contributed by atoms with E-state index in [4.69, 9.17) is 0 Å². The molecule has 2 heteroatoms. The van der Waals surface area contributed by atoms with Gasteiger partial charge in [0.05, 0.1) is 6.04 Å². The normalized spacial score (nSPS) is 15.9. The Morgan fingerprint density at radius 1 is 0.958 bits per heavy atom. The fourth-order valence-electron chi connectivity index (χ4n) is 3.42. The highest BCUT2D eigenvalue weighted by atomic mass is 16.1. The minimum absolute atomic E-state index is 0.00308. The molecule has 0 spiro atoms. The van der Waals surface area contributed by atoms with E-state index in [1.165, 1.54) is 12.0 Å². The molecule has 24 heavy (non-hydrogen) atoms. The first kappa shape index (κ1) is 16.5. The van der Waals surface area contributed by atoms with Gasteiger partial charge < -0.3 is 5.32 Å². The standard InChI is InChI=1S/C22H25NO/c1-17-10-8-9-15-20(17)22(24)16-21(18-11-4-2-5-12-18)23-19-13-6-3-7-14-19/h2-7,11-14,21,23H,8-10,15-16H2,1H3. The van der Waals surface area contributed by atoms with E-state index in [9.17, 15) is 4.79 Å². The van der Waals surface area contributed by atoms with Gasteiger partial charge in [0, 0.05) is 12.1 Å². The van der Waals surface area contributed by atoms with Gasteiger partial charge in [-0.25, -0.2) is 0 Å². The number of rotatable bonds is 6. The maximum Gasteiger partial charge on any atom is 0.161 e. The third-order valence-electron chi connectivity index (χ3n) is 4.79. The molecule has 2 nitrogen and oxygen atoms in total. The summed E-state index contributed by atoms with van der Waals surface area (Å²) in [4.78, 5) is 12.9. The van der Waals surface area contributed by atoms with Crippen LogP contribution in [0.5, 0.6) is 0 Å². The second-order valence-corrected chi connectivity index (χ2v) is 6.57. The van der Waals surface area contributed by atoms with Gasteiger partial charge in [-0.2, -0.15) is 0 Å². The van der Waals surface area contributed by atoms with Gasteiger partial charge in [-0.05, 0) is 55.9 Å². The number of para-hydroxylation sites is 1. The van der Waals surface area contributed by atoms with Gasteiger partial charge in [0.2, 0.25) is 0 Å². The van der Waals surface area contributed by atoms with Crippen molar-refractivity contribution in [3.63, 3.8) is 0 Å². The maximum atomic E-state index is 12.9. The summed E-state index contributed by atoms with van der Waals surface area (Å²) in [5.41, 5.74) is 4.56. The number of carbonyl (C=O) groups is 1. The van der Waals surface area contributed by atoms with Crippen LogP contribution in [0.1, 0.15) is 50.6 Å². The first-order valence-corrected chi connectivity index (χ1v) is 8.82. The molecule has 0 saturated carbocycles. The van der Waals surface area contributed by atoms with Crippen molar-refractivity contribution in [1.29, 1.82) is 0 Å². The Labute approximate surface area is 144 Å². The van der Waals surface area contributed by atoms with Gasteiger partial charge in [-0.3, -0.25) is 4.79 Å². The minimum Gasteiger partial charge on any atom is -0.378 e. The smallest absolute Gasteiger partial charge is 0.161 e. The third-order valence-corrected chi connectivity index (χ3v) is 4.79. The molecule has 1 atom stereocenters. The molecule has 0 saturated heterocycles. The maximum absolute atomic E-state index is 12.9. The van der Waals surface area contributed by atoms with Crippen LogP contribution in [-0.4, -0.2) is 5.78 Å². The molecule has 1 N–H and O–H groups in total. The van der Waals surface area contributed by atoms with Crippen molar-refractivity contribution in [3.8, 4) is 0 Å². The van der Waals surface area contributed by atoms with Gasteiger partial charge in [0.25, 0.3) is 0 Å². The molecule has 0 fully saturated rings. The predicted octanol–water partition coefficient (Wildman–Crippen LogP) is 5.69. The Morgan fingerprint density at radius 3 is 2.25 bits per heavy atom. The number of nitrogens with one attached hydrogen (secondary N) is 1. The molecule has 1 aliphatic carbocycles. The SMILES string of the molecule is CC1=C(C(=O)CC(Nc2ccccc2)c2ccccc2)CCCC1. The highest BCUT2D eigenvalue weighted by Gasteiger charge is 2.21. The quantitative estimate of drug-likeness (QED) is 0.741. The molecular formula is C22H25NO. The first-order chi connectivity index (χ1) is 11.7. The Hall–Kier alpha value is -2.35. The van der Waals surface area contributed by atoms with Gasteiger partial charge in [0.1, 0.15) is 0 Å².